The molecule has 0 saturated heterocycles. The van der Waals surface area contributed by atoms with Crippen molar-refractivity contribution in [1.82, 2.24) is 0 Å². The quantitative estimate of drug-likeness (QED) is 0.630. The molecular formula is C16H16Cl3NO. The molecule has 0 saturated carbocycles. The number of hydrogen-bond donors (Lipinski definition) is 1. The monoisotopic (exact) mass is 343 g/mol. The van der Waals surface area contributed by atoms with Crippen LogP contribution in [0.3, 0.4) is 0 Å². The second-order valence-corrected chi connectivity index (χ2v) is 5.84. The van der Waals surface area contributed by atoms with Crippen molar-refractivity contribution in [2.75, 3.05) is 18.5 Å². The summed E-state index contributed by atoms with van der Waals surface area (Å²) in [4.78, 5) is 0. The van der Waals surface area contributed by atoms with Crippen molar-refractivity contribution in [3.8, 4) is 5.75 Å². The molecule has 0 spiro atoms. The molecule has 0 radical (unpaired) electrons. The van der Waals surface area contributed by atoms with E-state index in [0.717, 1.165) is 30.1 Å². The number of rotatable bonds is 7. The van der Waals surface area contributed by atoms with Gasteiger partial charge >= 0.3 is 0 Å². The van der Waals surface area contributed by atoms with Gasteiger partial charge in [-0.05, 0) is 55.3 Å². The summed E-state index contributed by atoms with van der Waals surface area (Å²) in [6.07, 6.45) is 1.95. The van der Waals surface area contributed by atoms with Gasteiger partial charge in [0, 0.05) is 22.3 Å². The Morgan fingerprint density at radius 2 is 1.57 bits per heavy atom. The van der Waals surface area contributed by atoms with E-state index in [2.05, 4.69) is 5.32 Å². The Balaban J connectivity index is 1.63. The first kappa shape index (κ1) is 16.3. The lowest BCUT2D eigenvalue weighted by atomic mass is 10.3. The standard InChI is InChI=1S/C16H16Cl3NO/c17-12-3-6-14(7-4-12)20-9-1-2-10-21-16-8-5-13(18)11-15(16)19/h3-8,11,20H,1-2,9-10H2. The van der Waals surface area contributed by atoms with E-state index in [-0.39, 0.29) is 0 Å². The first-order chi connectivity index (χ1) is 10.1. The third kappa shape index (κ3) is 5.66. The number of hydrogen-bond acceptors (Lipinski definition) is 2. The summed E-state index contributed by atoms with van der Waals surface area (Å²) < 4.78 is 5.62. The van der Waals surface area contributed by atoms with E-state index in [1.165, 1.54) is 0 Å². The summed E-state index contributed by atoms with van der Waals surface area (Å²) in [7, 11) is 0. The van der Waals surface area contributed by atoms with Gasteiger partial charge in [-0.3, -0.25) is 0 Å². The van der Waals surface area contributed by atoms with Crippen molar-refractivity contribution in [2.24, 2.45) is 0 Å². The van der Waals surface area contributed by atoms with Gasteiger partial charge in [0.25, 0.3) is 0 Å². The molecule has 0 amide bonds. The van der Waals surface area contributed by atoms with Crippen molar-refractivity contribution >= 4 is 40.5 Å². The Morgan fingerprint density at radius 3 is 2.29 bits per heavy atom. The molecule has 2 aromatic rings. The summed E-state index contributed by atoms with van der Waals surface area (Å²) in [5.74, 6) is 0.673. The molecule has 112 valence electrons. The van der Waals surface area contributed by atoms with Gasteiger partial charge in [0.2, 0.25) is 0 Å². The average Bonchev–Trinajstić information content (AvgIpc) is 2.46. The van der Waals surface area contributed by atoms with E-state index >= 15 is 0 Å². The zero-order valence-electron chi connectivity index (χ0n) is 11.4. The Kier molecular flexibility index (Phi) is 6.50. The molecule has 2 rings (SSSR count). The molecule has 0 aliphatic rings. The highest BCUT2D eigenvalue weighted by molar-refractivity contribution is 6.35. The number of anilines is 1. The van der Waals surface area contributed by atoms with Crippen LogP contribution in [0.15, 0.2) is 42.5 Å². The predicted molar refractivity (Wildman–Crippen MR) is 91.1 cm³/mol. The predicted octanol–water partition coefficient (Wildman–Crippen LogP) is 5.92. The summed E-state index contributed by atoms with van der Waals surface area (Å²) >= 11 is 17.7. The summed E-state index contributed by atoms with van der Waals surface area (Å²) in [5, 5.41) is 5.23. The van der Waals surface area contributed by atoms with Crippen molar-refractivity contribution in [1.29, 1.82) is 0 Å². The molecule has 0 fully saturated rings. The van der Waals surface area contributed by atoms with Crippen molar-refractivity contribution in [3.63, 3.8) is 0 Å². The van der Waals surface area contributed by atoms with Crippen LogP contribution in [0.25, 0.3) is 0 Å². The molecule has 0 bridgehead atoms. The number of nitrogens with one attached hydrogen (secondary N) is 1. The SMILES string of the molecule is Clc1ccc(NCCCCOc2ccc(Cl)cc2Cl)cc1. The van der Waals surface area contributed by atoms with Crippen LogP contribution < -0.4 is 10.1 Å². The zero-order chi connectivity index (χ0) is 15.1. The first-order valence-corrected chi connectivity index (χ1v) is 7.86. The van der Waals surface area contributed by atoms with Crippen LogP contribution in [0.1, 0.15) is 12.8 Å². The fraction of sp³-hybridized carbons (Fsp3) is 0.250. The lowest BCUT2D eigenvalue weighted by Gasteiger charge is -2.09. The zero-order valence-corrected chi connectivity index (χ0v) is 13.7. The highest BCUT2D eigenvalue weighted by atomic mass is 35.5. The Morgan fingerprint density at radius 1 is 0.857 bits per heavy atom. The van der Waals surface area contributed by atoms with Crippen LogP contribution >= 0.6 is 34.8 Å². The highest BCUT2D eigenvalue weighted by Gasteiger charge is 2.01. The molecule has 2 nitrogen and oxygen atoms in total. The van der Waals surface area contributed by atoms with Gasteiger partial charge in [0.15, 0.2) is 0 Å². The minimum atomic E-state index is 0.543. The minimum Gasteiger partial charge on any atom is -0.492 e. The number of unbranched alkanes of at least 4 members (excludes halogenated alkanes) is 1. The van der Waals surface area contributed by atoms with Crippen molar-refractivity contribution in [2.45, 2.75) is 12.8 Å². The first-order valence-electron chi connectivity index (χ1n) is 6.72. The van der Waals surface area contributed by atoms with E-state index in [0.29, 0.717) is 22.4 Å². The molecule has 0 aliphatic heterocycles. The second-order valence-electron chi connectivity index (χ2n) is 4.56. The highest BCUT2D eigenvalue weighted by Crippen LogP contribution is 2.27. The van der Waals surface area contributed by atoms with Gasteiger partial charge in [0.05, 0.1) is 11.6 Å². The maximum absolute atomic E-state index is 6.03. The van der Waals surface area contributed by atoms with Crippen LogP contribution in [0.2, 0.25) is 15.1 Å². The molecule has 0 atom stereocenters. The Labute approximate surface area is 140 Å². The molecule has 5 heteroatoms. The maximum Gasteiger partial charge on any atom is 0.137 e. The Hall–Kier alpha value is -1.09. The second kappa shape index (κ2) is 8.38. The fourth-order valence-corrected chi connectivity index (χ4v) is 2.39. The number of ether oxygens (including phenoxy) is 1. The smallest absolute Gasteiger partial charge is 0.137 e. The van der Waals surface area contributed by atoms with Gasteiger partial charge < -0.3 is 10.1 Å². The third-order valence-electron chi connectivity index (χ3n) is 2.90. The van der Waals surface area contributed by atoms with Crippen LogP contribution in [0.5, 0.6) is 5.75 Å². The van der Waals surface area contributed by atoms with E-state index in [9.17, 15) is 0 Å². The third-order valence-corrected chi connectivity index (χ3v) is 3.68. The lowest BCUT2D eigenvalue weighted by molar-refractivity contribution is 0.308. The van der Waals surface area contributed by atoms with Gasteiger partial charge in [-0.15, -0.1) is 0 Å². The van der Waals surface area contributed by atoms with E-state index in [4.69, 9.17) is 39.5 Å². The lowest BCUT2D eigenvalue weighted by Crippen LogP contribution is -2.04. The number of halogens is 3. The van der Waals surface area contributed by atoms with E-state index < -0.39 is 0 Å². The largest absolute Gasteiger partial charge is 0.492 e. The van der Waals surface area contributed by atoms with Crippen molar-refractivity contribution in [3.05, 3.63) is 57.5 Å². The van der Waals surface area contributed by atoms with Gasteiger partial charge in [-0.2, -0.15) is 0 Å². The summed E-state index contributed by atoms with van der Waals surface area (Å²) in [6, 6.07) is 12.9. The molecule has 2 aromatic carbocycles. The maximum atomic E-state index is 6.03. The van der Waals surface area contributed by atoms with Crippen LogP contribution in [-0.2, 0) is 0 Å². The molecule has 1 N–H and O–H groups in total. The van der Waals surface area contributed by atoms with E-state index in [1.807, 2.05) is 24.3 Å². The average molecular weight is 345 g/mol. The van der Waals surface area contributed by atoms with Crippen LogP contribution in [0.4, 0.5) is 5.69 Å². The molecule has 0 aliphatic carbocycles. The summed E-state index contributed by atoms with van der Waals surface area (Å²) in [6.45, 7) is 1.52. The van der Waals surface area contributed by atoms with Crippen molar-refractivity contribution < 1.29 is 4.74 Å². The van der Waals surface area contributed by atoms with E-state index in [1.54, 1.807) is 18.2 Å². The van der Waals surface area contributed by atoms with Gasteiger partial charge in [-0.1, -0.05) is 34.8 Å². The molecule has 0 heterocycles. The van der Waals surface area contributed by atoms with Gasteiger partial charge in [0.1, 0.15) is 5.75 Å². The van der Waals surface area contributed by atoms with Gasteiger partial charge in [-0.25, -0.2) is 0 Å². The van der Waals surface area contributed by atoms with Crippen LogP contribution in [-0.4, -0.2) is 13.2 Å². The number of benzene rings is 2. The molecule has 21 heavy (non-hydrogen) atoms. The molecule has 0 unspecified atom stereocenters. The normalized spacial score (nSPS) is 10.4. The topological polar surface area (TPSA) is 21.3 Å². The molecular weight excluding hydrogens is 329 g/mol. The minimum absolute atomic E-state index is 0.543. The van der Waals surface area contributed by atoms with Crippen LogP contribution in [0, 0.1) is 0 Å². The fourth-order valence-electron chi connectivity index (χ4n) is 1.80. The summed E-state index contributed by atoms with van der Waals surface area (Å²) in [5.41, 5.74) is 1.07. The molecule has 0 aromatic heterocycles. The Bertz CT molecular complexity index is 572.